The van der Waals surface area contributed by atoms with Crippen LogP contribution in [0, 0.1) is 11.6 Å². The first kappa shape index (κ1) is 17.1. The summed E-state index contributed by atoms with van der Waals surface area (Å²) in [4.78, 5) is 11.9. The minimum absolute atomic E-state index is 0.127. The molecular formula is C13H16F2N2O3S. The first-order valence-electron chi connectivity index (χ1n) is 6.01. The summed E-state index contributed by atoms with van der Waals surface area (Å²) in [7, 11) is -3.86. The van der Waals surface area contributed by atoms with Crippen molar-refractivity contribution < 1.29 is 22.0 Å². The van der Waals surface area contributed by atoms with Gasteiger partial charge in [0.05, 0.1) is 11.9 Å². The number of rotatable bonds is 6. The molecule has 0 aliphatic heterocycles. The molecule has 0 aliphatic rings. The molecule has 0 radical (unpaired) electrons. The van der Waals surface area contributed by atoms with E-state index >= 15 is 0 Å². The summed E-state index contributed by atoms with van der Waals surface area (Å²) in [5.41, 5.74) is -0.127. The van der Waals surface area contributed by atoms with Gasteiger partial charge in [0.15, 0.2) is 11.6 Å². The summed E-state index contributed by atoms with van der Waals surface area (Å²) < 4.78 is 50.7. The lowest BCUT2D eigenvalue weighted by atomic mass is 10.2. The Balaban J connectivity index is 3.20. The Hall–Kier alpha value is -1.96. The maximum absolute atomic E-state index is 13.3. The summed E-state index contributed by atoms with van der Waals surface area (Å²) in [5.74, 6) is -2.87. The number of anilines is 1. The fourth-order valence-electron chi connectivity index (χ4n) is 1.75. The highest BCUT2D eigenvalue weighted by molar-refractivity contribution is 7.92. The Morgan fingerprint density at radius 2 is 2.05 bits per heavy atom. The van der Waals surface area contributed by atoms with E-state index in [2.05, 4.69) is 11.9 Å². The van der Waals surface area contributed by atoms with Crippen LogP contribution in [-0.4, -0.2) is 33.2 Å². The van der Waals surface area contributed by atoms with Gasteiger partial charge in [-0.3, -0.25) is 9.10 Å². The van der Waals surface area contributed by atoms with Crippen molar-refractivity contribution in [2.45, 2.75) is 13.0 Å². The van der Waals surface area contributed by atoms with Gasteiger partial charge in [-0.25, -0.2) is 17.2 Å². The van der Waals surface area contributed by atoms with Gasteiger partial charge in [0.1, 0.15) is 6.04 Å². The van der Waals surface area contributed by atoms with E-state index in [0.29, 0.717) is 0 Å². The lowest BCUT2D eigenvalue weighted by Crippen LogP contribution is -2.48. The minimum Gasteiger partial charge on any atom is -0.351 e. The largest absolute Gasteiger partial charge is 0.351 e. The van der Waals surface area contributed by atoms with Crippen LogP contribution in [0.2, 0.25) is 0 Å². The molecule has 5 nitrogen and oxygen atoms in total. The van der Waals surface area contributed by atoms with E-state index in [1.165, 1.54) is 13.0 Å². The van der Waals surface area contributed by atoms with E-state index < -0.39 is 33.6 Å². The normalized spacial score (nSPS) is 12.6. The molecule has 21 heavy (non-hydrogen) atoms. The molecule has 1 rings (SSSR count). The maximum Gasteiger partial charge on any atom is 0.243 e. The van der Waals surface area contributed by atoms with E-state index in [9.17, 15) is 22.0 Å². The molecule has 1 N–H and O–H groups in total. The molecule has 0 aromatic heterocycles. The van der Waals surface area contributed by atoms with Gasteiger partial charge >= 0.3 is 0 Å². The van der Waals surface area contributed by atoms with Crippen LogP contribution in [0.1, 0.15) is 6.92 Å². The molecule has 0 aliphatic carbocycles. The number of carbonyl (C=O) groups is 1. The van der Waals surface area contributed by atoms with Crippen molar-refractivity contribution in [1.82, 2.24) is 5.32 Å². The van der Waals surface area contributed by atoms with Crippen LogP contribution in [0.3, 0.4) is 0 Å². The van der Waals surface area contributed by atoms with E-state index in [0.717, 1.165) is 28.8 Å². The topological polar surface area (TPSA) is 66.5 Å². The molecule has 0 heterocycles. The first-order chi connectivity index (χ1) is 9.68. The molecule has 0 saturated carbocycles. The fraction of sp³-hybridized carbons (Fsp3) is 0.308. The third-order valence-electron chi connectivity index (χ3n) is 2.67. The van der Waals surface area contributed by atoms with Gasteiger partial charge in [-0.2, -0.15) is 0 Å². The minimum atomic E-state index is -3.86. The highest BCUT2D eigenvalue weighted by Crippen LogP contribution is 2.23. The molecule has 8 heteroatoms. The van der Waals surface area contributed by atoms with Crippen LogP contribution in [0.5, 0.6) is 0 Å². The van der Waals surface area contributed by atoms with Crippen LogP contribution in [-0.2, 0) is 14.8 Å². The van der Waals surface area contributed by atoms with Crippen LogP contribution < -0.4 is 9.62 Å². The number of benzene rings is 1. The number of hydrogen-bond acceptors (Lipinski definition) is 3. The number of carbonyl (C=O) groups excluding carboxylic acids is 1. The molecule has 0 spiro atoms. The second-order valence-corrected chi connectivity index (χ2v) is 6.23. The Kier molecular flexibility index (Phi) is 5.42. The average molecular weight is 318 g/mol. The number of halogens is 2. The zero-order valence-electron chi connectivity index (χ0n) is 11.6. The Labute approximate surface area is 122 Å². The fourth-order valence-corrected chi connectivity index (χ4v) is 2.92. The van der Waals surface area contributed by atoms with Crippen LogP contribution in [0.4, 0.5) is 14.5 Å². The van der Waals surface area contributed by atoms with Crippen molar-refractivity contribution in [2.24, 2.45) is 0 Å². The summed E-state index contributed by atoms with van der Waals surface area (Å²) in [6.07, 6.45) is 2.32. The van der Waals surface area contributed by atoms with Gasteiger partial charge in [0.2, 0.25) is 15.9 Å². The van der Waals surface area contributed by atoms with Crippen LogP contribution >= 0.6 is 0 Å². The second kappa shape index (κ2) is 6.66. The number of nitrogens with zero attached hydrogens (tertiary/aromatic N) is 1. The van der Waals surface area contributed by atoms with E-state index in [-0.39, 0.29) is 12.2 Å². The molecule has 1 atom stereocenters. The van der Waals surface area contributed by atoms with Crippen molar-refractivity contribution in [3.8, 4) is 0 Å². The van der Waals surface area contributed by atoms with Gasteiger partial charge in [0, 0.05) is 12.6 Å². The van der Waals surface area contributed by atoms with Crippen molar-refractivity contribution in [1.29, 1.82) is 0 Å². The van der Waals surface area contributed by atoms with Gasteiger partial charge < -0.3 is 5.32 Å². The smallest absolute Gasteiger partial charge is 0.243 e. The van der Waals surface area contributed by atoms with Crippen molar-refractivity contribution in [3.05, 3.63) is 42.5 Å². The predicted molar refractivity (Wildman–Crippen MR) is 76.3 cm³/mol. The Morgan fingerprint density at radius 3 is 2.52 bits per heavy atom. The molecule has 0 fully saturated rings. The molecule has 0 unspecified atom stereocenters. The molecule has 116 valence electrons. The maximum atomic E-state index is 13.3. The van der Waals surface area contributed by atoms with Gasteiger partial charge in [-0.15, -0.1) is 6.58 Å². The monoisotopic (exact) mass is 318 g/mol. The third kappa shape index (κ3) is 4.25. The summed E-state index contributed by atoms with van der Waals surface area (Å²) in [5, 5.41) is 2.45. The summed E-state index contributed by atoms with van der Waals surface area (Å²) in [6.45, 7) is 4.94. The molecule has 0 bridgehead atoms. The quantitative estimate of drug-likeness (QED) is 0.807. The SMILES string of the molecule is C=CCNC(=O)[C@H](C)N(c1ccc(F)c(F)c1)S(C)(=O)=O. The standard InChI is InChI=1S/C13H16F2N2O3S/c1-4-7-16-13(18)9(2)17(21(3,19)20)10-5-6-11(14)12(15)8-10/h4-6,8-9H,1,7H2,2-3H3,(H,16,18)/t9-/m0/s1. The van der Waals surface area contributed by atoms with E-state index in [1.54, 1.807) is 0 Å². The van der Waals surface area contributed by atoms with Crippen molar-refractivity contribution >= 4 is 21.6 Å². The lowest BCUT2D eigenvalue weighted by Gasteiger charge is -2.28. The van der Waals surface area contributed by atoms with Crippen LogP contribution in [0.15, 0.2) is 30.9 Å². The number of nitrogens with one attached hydrogen (secondary N) is 1. The van der Waals surface area contributed by atoms with Crippen molar-refractivity contribution in [3.63, 3.8) is 0 Å². The lowest BCUT2D eigenvalue weighted by molar-refractivity contribution is -0.121. The van der Waals surface area contributed by atoms with E-state index in [4.69, 9.17) is 0 Å². The Bertz CT molecular complexity index is 647. The first-order valence-corrected chi connectivity index (χ1v) is 7.86. The number of amides is 1. The van der Waals surface area contributed by atoms with Crippen molar-refractivity contribution in [2.75, 3.05) is 17.1 Å². The van der Waals surface area contributed by atoms with Gasteiger partial charge in [-0.1, -0.05) is 6.08 Å². The molecule has 1 amide bonds. The molecule has 0 saturated heterocycles. The van der Waals surface area contributed by atoms with Gasteiger partial charge in [0.25, 0.3) is 0 Å². The zero-order valence-corrected chi connectivity index (χ0v) is 12.5. The Morgan fingerprint density at radius 1 is 1.43 bits per heavy atom. The highest BCUT2D eigenvalue weighted by Gasteiger charge is 2.29. The van der Waals surface area contributed by atoms with Gasteiger partial charge in [-0.05, 0) is 19.1 Å². The predicted octanol–water partition coefficient (Wildman–Crippen LogP) is 1.42. The number of hydrogen-bond donors (Lipinski definition) is 1. The van der Waals surface area contributed by atoms with Crippen LogP contribution in [0.25, 0.3) is 0 Å². The summed E-state index contributed by atoms with van der Waals surface area (Å²) >= 11 is 0. The molecule has 1 aromatic carbocycles. The third-order valence-corrected chi connectivity index (χ3v) is 3.91. The molecular weight excluding hydrogens is 302 g/mol. The average Bonchev–Trinajstić information content (AvgIpc) is 2.38. The second-order valence-electron chi connectivity index (χ2n) is 4.37. The summed E-state index contributed by atoms with van der Waals surface area (Å²) in [6, 6.07) is 1.51. The van der Waals surface area contributed by atoms with E-state index in [1.807, 2.05) is 0 Å². The number of sulfonamides is 1. The zero-order chi connectivity index (χ0) is 16.2. The molecule has 1 aromatic rings. The highest BCUT2D eigenvalue weighted by atomic mass is 32.2.